The molecule has 0 atom stereocenters. The number of rotatable bonds is 5. The molecule has 0 aliphatic carbocycles. The van der Waals surface area contributed by atoms with Gasteiger partial charge in [-0.2, -0.15) is 0 Å². The molecule has 0 aliphatic heterocycles. The molecule has 0 spiro atoms. The number of aliphatic hydroxyl groups excluding tert-OH is 1. The molecule has 0 bridgehead atoms. The zero-order chi connectivity index (χ0) is 13.8. The van der Waals surface area contributed by atoms with Gasteiger partial charge in [-0.15, -0.1) is 0 Å². The van der Waals surface area contributed by atoms with Crippen molar-refractivity contribution in [2.75, 3.05) is 13.7 Å². The number of aliphatic hydroxyl groups is 1. The molecular weight excluding hydrogens is 298 g/mol. The fraction of sp³-hybridized carbons (Fsp3) is 0.462. The van der Waals surface area contributed by atoms with Crippen molar-refractivity contribution in [3.05, 3.63) is 28.2 Å². The van der Waals surface area contributed by atoms with E-state index in [4.69, 9.17) is 9.84 Å². The van der Waals surface area contributed by atoms with Gasteiger partial charge in [0, 0.05) is 10.0 Å². The number of nitrogens with one attached hydrogen (secondary N) is 1. The van der Waals surface area contributed by atoms with Crippen LogP contribution >= 0.6 is 15.9 Å². The van der Waals surface area contributed by atoms with E-state index in [0.717, 1.165) is 10.0 Å². The predicted molar refractivity (Wildman–Crippen MR) is 73.7 cm³/mol. The smallest absolute Gasteiger partial charge is 0.225 e. The van der Waals surface area contributed by atoms with Crippen LogP contribution in [0, 0.1) is 0 Å². The number of amides is 1. The van der Waals surface area contributed by atoms with Gasteiger partial charge in [-0.3, -0.25) is 4.79 Å². The molecule has 0 unspecified atom stereocenters. The summed E-state index contributed by atoms with van der Waals surface area (Å²) in [6.45, 7) is 3.43. The number of hydrogen-bond donors (Lipinski definition) is 2. The summed E-state index contributed by atoms with van der Waals surface area (Å²) in [4.78, 5) is 11.9. The average Bonchev–Trinajstić information content (AvgIpc) is 2.28. The Morgan fingerprint density at radius 2 is 2.17 bits per heavy atom. The van der Waals surface area contributed by atoms with E-state index in [1.165, 1.54) is 0 Å². The number of hydrogen-bond acceptors (Lipinski definition) is 3. The van der Waals surface area contributed by atoms with Gasteiger partial charge in [-0.1, -0.05) is 15.9 Å². The minimum absolute atomic E-state index is 0.103. The van der Waals surface area contributed by atoms with Crippen molar-refractivity contribution in [3.63, 3.8) is 0 Å². The number of benzene rings is 1. The number of ether oxygens (including phenoxy) is 1. The van der Waals surface area contributed by atoms with Crippen LogP contribution in [-0.2, 0) is 11.2 Å². The monoisotopic (exact) mass is 315 g/mol. The molecule has 100 valence electrons. The molecule has 1 rings (SSSR count). The third-order valence-corrected chi connectivity index (χ3v) is 2.96. The second kappa shape index (κ2) is 6.20. The first-order chi connectivity index (χ1) is 8.38. The van der Waals surface area contributed by atoms with Gasteiger partial charge in [0.25, 0.3) is 0 Å². The number of carbonyl (C=O) groups excluding carboxylic acids is 1. The topological polar surface area (TPSA) is 58.6 Å². The van der Waals surface area contributed by atoms with Gasteiger partial charge in [0.1, 0.15) is 5.75 Å². The molecule has 4 nitrogen and oxygen atoms in total. The molecule has 0 fully saturated rings. The average molecular weight is 316 g/mol. The van der Waals surface area contributed by atoms with Crippen LogP contribution in [-0.4, -0.2) is 30.3 Å². The third kappa shape index (κ3) is 4.31. The van der Waals surface area contributed by atoms with E-state index >= 15 is 0 Å². The number of methoxy groups -OCH3 is 1. The zero-order valence-electron chi connectivity index (χ0n) is 10.8. The van der Waals surface area contributed by atoms with E-state index in [-0.39, 0.29) is 18.9 Å². The SMILES string of the molecule is COc1ccc(Br)cc1CC(=O)NC(C)(C)CO. The van der Waals surface area contributed by atoms with Gasteiger partial charge in [-0.25, -0.2) is 0 Å². The third-order valence-electron chi connectivity index (χ3n) is 2.47. The maximum atomic E-state index is 11.9. The van der Waals surface area contributed by atoms with Gasteiger partial charge < -0.3 is 15.2 Å². The van der Waals surface area contributed by atoms with Crippen molar-refractivity contribution in [2.24, 2.45) is 0 Å². The Morgan fingerprint density at radius 1 is 1.50 bits per heavy atom. The Balaban J connectivity index is 2.78. The number of halogens is 1. The lowest BCUT2D eigenvalue weighted by atomic mass is 10.1. The highest BCUT2D eigenvalue weighted by Crippen LogP contribution is 2.23. The summed E-state index contributed by atoms with van der Waals surface area (Å²) in [5.74, 6) is 0.528. The molecule has 18 heavy (non-hydrogen) atoms. The van der Waals surface area contributed by atoms with Crippen LogP contribution in [0.2, 0.25) is 0 Å². The molecule has 2 N–H and O–H groups in total. The summed E-state index contributed by atoms with van der Waals surface area (Å²) in [5, 5.41) is 11.9. The van der Waals surface area contributed by atoms with Gasteiger partial charge >= 0.3 is 0 Å². The van der Waals surface area contributed by atoms with Crippen molar-refractivity contribution in [3.8, 4) is 5.75 Å². The van der Waals surface area contributed by atoms with Crippen molar-refractivity contribution in [1.82, 2.24) is 5.32 Å². The quantitative estimate of drug-likeness (QED) is 0.872. The van der Waals surface area contributed by atoms with Crippen LogP contribution in [0.15, 0.2) is 22.7 Å². The summed E-state index contributed by atoms with van der Waals surface area (Å²) in [5.41, 5.74) is 0.189. The first kappa shape index (κ1) is 15.0. The van der Waals surface area contributed by atoms with Crippen LogP contribution < -0.4 is 10.1 Å². The lowest BCUT2D eigenvalue weighted by Gasteiger charge is -2.23. The maximum absolute atomic E-state index is 11.9. The highest BCUT2D eigenvalue weighted by molar-refractivity contribution is 9.10. The molecule has 5 heteroatoms. The Kier molecular flexibility index (Phi) is 5.16. The molecule has 1 amide bonds. The van der Waals surface area contributed by atoms with Crippen molar-refractivity contribution in [2.45, 2.75) is 25.8 Å². The fourth-order valence-electron chi connectivity index (χ4n) is 1.52. The molecule has 0 saturated heterocycles. The van der Waals surface area contributed by atoms with Crippen LogP contribution in [0.5, 0.6) is 5.75 Å². The van der Waals surface area contributed by atoms with E-state index < -0.39 is 5.54 Å². The van der Waals surface area contributed by atoms with E-state index in [1.54, 1.807) is 21.0 Å². The van der Waals surface area contributed by atoms with Crippen LogP contribution in [0.25, 0.3) is 0 Å². The highest BCUT2D eigenvalue weighted by atomic mass is 79.9. The first-order valence-electron chi connectivity index (χ1n) is 5.62. The largest absolute Gasteiger partial charge is 0.496 e. The van der Waals surface area contributed by atoms with E-state index in [1.807, 2.05) is 18.2 Å². The Bertz CT molecular complexity index is 432. The van der Waals surface area contributed by atoms with Crippen LogP contribution in [0.3, 0.4) is 0 Å². The molecule has 0 radical (unpaired) electrons. The van der Waals surface area contributed by atoms with Crippen LogP contribution in [0.4, 0.5) is 0 Å². The normalized spacial score (nSPS) is 11.2. The minimum atomic E-state index is -0.615. The van der Waals surface area contributed by atoms with Gasteiger partial charge in [-0.05, 0) is 32.0 Å². The highest BCUT2D eigenvalue weighted by Gasteiger charge is 2.20. The summed E-state index contributed by atoms with van der Waals surface area (Å²) in [6.07, 6.45) is 0.214. The summed E-state index contributed by atoms with van der Waals surface area (Å²) in [6, 6.07) is 5.52. The summed E-state index contributed by atoms with van der Waals surface area (Å²) >= 11 is 3.36. The zero-order valence-corrected chi connectivity index (χ0v) is 12.4. The molecule has 0 aliphatic rings. The van der Waals surface area contributed by atoms with Crippen molar-refractivity contribution < 1.29 is 14.6 Å². The Hall–Kier alpha value is -1.07. The summed E-state index contributed by atoms with van der Waals surface area (Å²) in [7, 11) is 1.57. The standard InChI is InChI=1S/C13H18BrNO3/c1-13(2,8-16)15-12(17)7-9-6-10(14)4-5-11(9)18-3/h4-6,16H,7-8H2,1-3H3,(H,15,17). The van der Waals surface area contributed by atoms with E-state index in [9.17, 15) is 4.79 Å². The fourth-order valence-corrected chi connectivity index (χ4v) is 1.93. The molecular formula is C13H18BrNO3. The molecule has 0 aromatic heterocycles. The molecule has 1 aromatic carbocycles. The Morgan fingerprint density at radius 3 is 2.72 bits per heavy atom. The lowest BCUT2D eigenvalue weighted by molar-refractivity contribution is -0.122. The van der Waals surface area contributed by atoms with Crippen molar-refractivity contribution >= 4 is 21.8 Å². The van der Waals surface area contributed by atoms with E-state index in [2.05, 4.69) is 21.2 Å². The first-order valence-corrected chi connectivity index (χ1v) is 6.41. The van der Waals surface area contributed by atoms with E-state index in [0.29, 0.717) is 5.75 Å². The van der Waals surface area contributed by atoms with Crippen LogP contribution in [0.1, 0.15) is 19.4 Å². The maximum Gasteiger partial charge on any atom is 0.225 e. The molecule has 1 aromatic rings. The van der Waals surface area contributed by atoms with Crippen molar-refractivity contribution in [1.29, 1.82) is 0 Å². The molecule has 0 heterocycles. The van der Waals surface area contributed by atoms with Gasteiger partial charge in [0.2, 0.25) is 5.91 Å². The Labute approximate surface area is 115 Å². The predicted octanol–water partition coefficient (Wildman–Crippen LogP) is 1.89. The summed E-state index contributed by atoms with van der Waals surface area (Å²) < 4.78 is 6.10. The van der Waals surface area contributed by atoms with Gasteiger partial charge in [0.05, 0.1) is 25.7 Å². The second-order valence-corrected chi connectivity index (χ2v) is 5.64. The number of carbonyl (C=O) groups is 1. The molecule has 0 saturated carbocycles. The second-order valence-electron chi connectivity index (χ2n) is 4.72. The van der Waals surface area contributed by atoms with Gasteiger partial charge in [0.15, 0.2) is 0 Å². The lowest BCUT2D eigenvalue weighted by Crippen LogP contribution is -2.46. The minimum Gasteiger partial charge on any atom is -0.496 e.